The quantitative estimate of drug-likeness (QED) is 0.489. The van der Waals surface area contributed by atoms with Crippen molar-refractivity contribution in [3.8, 4) is 0 Å². The van der Waals surface area contributed by atoms with Crippen molar-refractivity contribution < 1.29 is 14.3 Å². The number of methoxy groups -OCH3 is 1. The van der Waals surface area contributed by atoms with Crippen LogP contribution in [0.5, 0.6) is 0 Å². The number of hydrogen-bond donors (Lipinski definition) is 0. The highest BCUT2D eigenvalue weighted by molar-refractivity contribution is 6.36. The zero-order valence-electron chi connectivity index (χ0n) is 17.6. The van der Waals surface area contributed by atoms with E-state index in [2.05, 4.69) is 21.9 Å². The van der Waals surface area contributed by atoms with Crippen molar-refractivity contribution in [3.63, 3.8) is 0 Å². The Labute approximate surface area is 187 Å². The molecule has 0 saturated carbocycles. The Balaban J connectivity index is 1.60. The van der Waals surface area contributed by atoms with E-state index in [0.29, 0.717) is 49.0 Å². The maximum absolute atomic E-state index is 13.3. The van der Waals surface area contributed by atoms with Gasteiger partial charge in [0.05, 0.1) is 5.57 Å². The molecule has 1 fully saturated rings. The summed E-state index contributed by atoms with van der Waals surface area (Å²) in [6, 6.07) is 17.4. The van der Waals surface area contributed by atoms with Crippen molar-refractivity contribution >= 4 is 34.7 Å². The fraction of sp³-hybridized carbons (Fsp3) is 0.333. The molecule has 2 aliphatic rings. The van der Waals surface area contributed by atoms with Gasteiger partial charge in [-0.05, 0) is 36.2 Å². The Morgan fingerprint density at radius 3 is 2.16 bits per heavy atom. The topological polar surface area (TPSA) is 53.1 Å². The van der Waals surface area contributed by atoms with Crippen LogP contribution in [0.1, 0.15) is 12.0 Å². The van der Waals surface area contributed by atoms with Gasteiger partial charge < -0.3 is 14.5 Å². The maximum atomic E-state index is 13.3. The summed E-state index contributed by atoms with van der Waals surface area (Å²) in [5.41, 5.74) is 2.85. The SMILES string of the molecule is COCCCN1C(=O)C(c2ccc(Cl)cc2)=C(N2CCN(c3ccccc3)CC2)C1=O. The number of rotatable bonds is 7. The highest BCUT2D eigenvalue weighted by Gasteiger charge is 2.41. The molecule has 0 atom stereocenters. The van der Waals surface area contributed by atoms with Gasteiger partial charge in [0.15, 0.2) is 0 Å². The molecule has 0 aromatic heterocycles. The van der Waals surface area contributed by atoms with Crippen molar-refractivity contribution in [1.29, 1.82) is 0 Å². The Kier molecular flexibility index (Phi) is 6.59. The fourth-order valence-corrected chi connectivity index (χ4v) is 4.26. The normalized spacial score (nSPS) is 17.2. The lowest BCUT2D eigenvalue weighted by Gasteiger charge is -2.37. The molecule has 0 bridgehead atoms. The lowest BCUT2D eigenvalue weighted by molar-refractivity contribution is -0.137. The summed E-state index contributed by atoms with van der Waals surface area (Å²) < 4.78 is 5.10. The number of benzene rings is 2. The molecule has 6 nitrogen and oxygen atoms in total. The first-order chi connectivity index (χ1) is 15.1. The molecular formula is C24H26ClN3O3. The Bertz CT molecular complexity index is 967. The third-order valence-electron chi connectivity index (χ3n) is 5.72. The van der Waals surface area contributed by atoms with E-state index in [1.807, 2.05) is 30.3 Å². The standard InChI is InChI=1S/C24H26ClN3O3/c1-31-17-5-12-28-23(29)21(18-8-10-19(25)11-9-18)22(24(28)30)27-15-13-26(14-16-27)20-6-3-2-4-7-20/h2-4,6-11H,5,12-17H2,1H3. The van der Waals surface area contributed by atoms with Crippen LogP contribution < -0.4 is 4.90 Å². The van der Waals surface area contributed by atoms with Gasteiger partial charge in [-0.2, -0.15) is 0 Å². The average Bonchev–Trinajstić information content (AvgIpc) is 3.05. The molecule has 0 aliphatic carbocycles. The first-order valence-electron chi connectivity index (χ1n) is 10.5. The van der Waals surface area contributed by atoms with Crippen LogP contribution in [0.2, 0.25) is 5.02 Å². The molecular weight excluding hydrogens is 414 g/mol. The average molecular weight is 440 g/mol. The van der Waals surface area contributed by atoms with Gasteiger partial charge in [-0.1, -0.05) is 41.9 Å². The smallest absolute Gasteiger partial charge is 0.277 e. The van der Waals surface area contributed by atoms with Crippen LogP contribution in [0.25, 0.3) is 5.57 Å². The first-order valence-corrected chi connectivity index (χ1v) is 10.9. The van der Waals surface area contributed by atoms with Gasteiger partial charge >= 0.3 is 0 Å². The van der Waals surface area contributed by atoms with Gasteiger partial charge in [-0.25, -0.2) is 0 Å². The molecule has 0 spiro atoms. The lowest BCUT2D eigenvalue weighted by atomic mass is 10.0. The summed E-state index contributed by atoms with van der Waals surface area (Å²) in [6.07, 6.45) is 0.608. The third kappa shape index (κ3) is 4.45. The molecule has 1 saturated heterocycles. The number of anilines is 1. The van der Waals surface area contributed by atoms with E-state index in [-0.39, 0.29) is 11.8 Å². The number of imide groups is 1. The summed E-state index contributed by atoms with van der Waals surface area (Å²) >= 11 is 6.05. The van der Waals surface area contributed by atoms with Crippen molar-refractivity contribution in [1.82, 2.24) is 9.80 Å². The summed E-state index contributed by atoms with van der Waals surface area (Å²) in [5, 5.41) is 0.594. The van der Waals surface area contributed by atoms with Gasteiger partial charge in [-0.3, -0.25) is 14.5 Å². The predicted molar refractivity (Wildman–Crippen MR) is 122 cm³/mol. The lowest BCUT2D eigenvalue weighted by Crippen LogP contribution is -2.47. The van der Waals surface area contributed by atoms with Gasteiger partial charge in [0, 0.05) is 57.2 Å². The number of piperazine rings is 1. The Morgan fingerprint density at radius 1 is 0.871 bits per heavy atom. The van der Waals surface area contributed by atoms with Gasteiger partial charge in [0.25, 0.3) is 11.8 Å². The van der Waals surface area contributed by atoms with Gasteiger partial charge in [-0.15, -0.1) is 0 Å². The van der Waals surface area contributed by atoms with Gasteiger partial charge in [0.2, 0.25) is 0 Å². The third-order valence-corrected chi connectivity index (χ3v) is 5.98. The zero-order valence-corrected chi connectivity index (χ0v) is 18.3. The number of hydrogen-bond acceptors (Lipinski definition) is 5. The number of nitrogens with zero attached hydrogens (tertiary/aromatic N) is 3. The van der Waals surface area contributed by atoms with Crippen LogP contribution >= 0.6 is 11.6 Å². The summed E-state index contributed by atoms with van der Waals surface area (Å²) in [7, 11) is 1.61. The van der Waals surface area contributed by atoms with E-state index in [1.54, 1.807) is 19.2 Å². The number of halogens is 1. The minimum Gasteiger partial charge on any atom is -0.385 e. The maximum Gasteiger partial charge on any atom is 0.277 e. The second-order valence-corrected chi connectivity index (χ2v) is 8.08. The van der Waals surface area contributed by atoms with Crippen LogP contribution in [-0.2, 0) is 14.3 Å². The number of amides is 2. The van der Waals surface area contributed by atoms with E-state index in [1.165, 1.54) is 10.6 Å². The highest BCUT2D eigenvalue weighted by atomic mass is 35.5. The molecule has 2 aromatic rings. The molecule has 2 aliphatic heterocycles. The second kappa shape index (κ2) is 9.54. The monoisotopic (exact) mass is 439 g/mol. The number of para-hydroxylation sites is 1. The highest BCUT2D eigenvalue weighted by Crippen LogP contribution is 2.33. The summed E-state index contributed by atoms with van der Waals surface area (Å²) in [5.74, 6) is -0.469. The van der Waals surface area contributed by atoms with E-state index < -0.39 is 0 Å². The van der Waals surface area contributed by atoms with Crippen molar-refractivity contribution in [2.45, 2.75) is 6.42 Å². The molecule has 2 aromatic carbocycles. The predicted octanol–water partition coefficient (Wildman–Crippen LogP) is 3.28. The number of ether oxygens (including phenoxy) is 1. The van der Waals surface area contributed by atoms with E-state index in [4.69, 9.17) is 16.3 Å². The fourth-order valence-electron chi connectivity index (χ4n) is 4.13. The number of carbonyl (C=O) groups excluding carboxylic acids is 2. The van der Waals surface area contributed by atoms with E-state index in [9.17, 15) is 9.59 Å². The molecule has 0 N–H and O–H groups in total. The zero-order chi connectivity index (χ0) is 21.8. The van der Waals surface area contributed by atoms with Crippen LogP contribution in [0, 0.1) is 0 Å². The Morgan fingerprint density at radius 2 is 1.52 bits per heavy atom. The number of carbonyl (C=O) groups is 2. The molecule has 2 heterocycles. The first kappa shape index (κ1) is 21.4. The molecule has 2 amide bonds. The largest absolute Gasteiger partial charge is 0.385 e. The molecule has 4 rings (SSSR count). The second-order valence-electron chi connectivity index (χ2n) is 7.65. The minimum atomic E-state index is -0.246. The van der Waals surface area contributed by atoms with Crippen LogP contribution in [0.15, 0.2) is 60.3 Å². The van der Waals surface area contributed by atoms with Crippen LogP contribution in [-0.4, -0.2) is 68.1 Å². The molecule has 162 valence electrons. The molecule has 7 heteroatoms. The van der Waals surface area contributed by atoms with E-state index in [0.717, 1.165) is 18.7 Å². The van der Waals surface area contributed by atoms with Crippen molar-refractivity contribution in [2.24, 2.45) is 0 Å². The Hall–Kier alpha value is -2.83. The molecule has 31 heavy (non-hydrogen) atoms. The van der Waals surface area contributed by atoms with Crippen LogP contribution in [0.3, 0.4) is 0 Å². The van der Waals surface area contributed by atoms with E-state index >= 15 is 0 Å². The van der Waals surface area contributed by atoms with Crippen molar-refractivity contribution in [2.75, 3.05) is 51.3 Å². The van der Waals surface area contributed by atoms with Crippen LogP contribution in [0.4, 0.5) is 5.69 Å². The molecule has 0 unspecified atom stereocenters. The van der Waals surface area contributed by atoms with Crippen molar-refractivity contribution in [3.05, 3.63) is 70.9 Å². The summed E-state index contributed by atoms with van der Waals surface area (Å²) in [4.78, 5) is 32.3. The summed E-state index contributed by atoms with van der Waals surface area (Å²) in [6.45, 7) is 3.76. The van der Waals surface area contributed by atoms with Gasteiger partial charge in [0.1, 0.15) is 5.70 Å². The molecule has 0 radical (unpaired) electrons. The minimum absolute atomic E-state index is 0.223.